The number of alkyl halides is 6. The second-order valence-corrected chi connectivity index (χ2v) is 9.91. The van der Waals surface area contributed by atoms with E-state index in [0.29, 0.717) is 17.7 Å². The molecule has 0 saturated heterocycles. The number of carbonyl (C=O) groups is 1. The smallest absolute Gasteiger partial charge is 0.393 e. The number of aliphatic hydroxyl groups excluding tert-OH is 1. The summed E-state index contributed by atoms with van der Waals surface area (Å²) in [7, 11) is 0. The lowest BCUT2D eigenvalue weighted by Crippen LogP contribution is -2.16. The summed E-state index contributed by atoms with van der Waals surface area (Å²) in [5, 5.41) is 22.0. The van der Waals surface area contributed by atoms with Gasteiger partial charge in [-0.2, -0.15) is 26.3 Å². The number of nitrogens with zero attached hydrogens (tertiary/aromatic N) is 6. The van der Waals surface area contributed by atoms with Crippen LogP contribution >= 0.6 is 11.6 Å². The summed E-state index contributed by atoms with van der Waals surface area (Å²) < 4.78 is 88.6. The fraction of sp³-hybridized carbons (Fsp3) is 0.222. The van der Waals surface area contributed by atoms with E-state index in [1.165, 1.54) is 30.2 Å². The van der Waals surface area contributed by atoms with Gasteiger partial charge in [0.1, 0.15) is 6.33 Å². The van der Waals surface area contributed by atoms with Crippen LogP contribution in [-0.4, -0.2) is 46.7 Å². The number of hydrogen-bond acceptors (Lipinski definition) is 7. The topological polar surface area (TPSA) is 112 Å². The first-order chi connectivity index (χ1) is 20.2. The molecule has 5 rings (SSSR count). The van der Waals surface area contributed by atoms with Gasteiger partial charge >= 0.3 is 12.4 Å². The molecular formula is C27H19ClF6N6O3. The number of rotatable bonds is 8. The van der Waals surface area contributed by atoms with E-state index >= 15 is 0 Å². The van der Waals surface area contributed by atoms with Crippen molar-refractivity contribution < 1.29 is 40.8 Å². The zero-order chi connectivity index (χ0) is 31.1. The number of ketones is 1. The van der Waals surface area contributed by atoms with Gasteiger partial charge in [-0.05, 0) is 42.8 Å². The molecule has 43 heavy (non-hydrogen) atoms. The molecule has 1 atom stereocenters. The Bertz CT molecular complexity index is 1740. The summed E-state index contributed by atoms with van der Waals surface area (Å²) in [6.07, 6.45) is -7.19. The molecular weight excluding hydrogens is 606 g/mol. The standard InChI is InChI=1S/C27H19ClF6N6O3/c1-14(41)8-20-21(24(43-37-20)18-4-2-3-5-19(18)28)23(42)22-25(39-7-6-35-13-39)40(38-36-22)12-15-9-16(26(29,30)31)11-17(10-15)27(32,33)34/h2-7,9-11,13-14,41H,8,12H2,1H3. The molecule has 2 aromatic carbocycles. The molecule has 0 aliphatic rings. The van der Waals surface area contributed by atoms with E-state index in [0.717, 1.165) is 4.68 Å². The van der Waals surface area contributed by atoms with E-state index in [4.69, 9.17) is 16.1 Å². The fourth-order valence-electron chi connectivity index (χ4n) is 4.41. The Morgan fingerprint density at radius 2 is 1.74 bits per heavy atom. The van der Waals surface area contributed by atoms with E-state index in [9.17, 15) is 36.2 Å². The Labute approximate surface area is 243 Å². The highest BCUT2D eigenvalue weighted by Crippen LogP contribution is 2.37. The summed E-state index contributed by atoms with van der Waals surface area (Å²) in [4.78, 5) is 18.0. The predicted molar refractivity (Wildman–Crippen MR) is 138 cm³/mol. The molecule has 0 bridgehead atoms. The maximum atomic E-state index is 14.1. The summed E-state index contributed by atoms with van der Waals surface area (Å²) >= 11 is 6.34. The van der Waals surface area contributed by atoms with Crippen molar-refractivity contribution in [3.8, 4) is 17.1 Å². The molecule has 0 fully saturated rings. The van der Waals surface area contributed by atoms with Crippen LogP contribution in [0, 0.1) is 0 Å². The van der Waals surface area contributed by atoms with Crippen LogP contribution in [0.2, 0.25) is 5.02 Å². The zero-order valence-corrected chi connectivity index (χ0v) is 22.6. The van der Waals surface area contributed by atoms with Gasteiger partial charge in [0, 0.05) is 24.4 Å². The van der Waals surface area contributed by atoms with Gasteiger partial charge < -0.3 is 9.63 Å². The summed E-state index contributed by atoms with van der Waals surface area (Å²) in [5.41, 5.74) is -3.50. The highest BCUT2D eigenvalue weighted by atomic mass is 35.5. The summed E-state index contributed by atoms with van der Waals surface area (Å²) in [6.45, 7) is 0.845. The van der Waals surface area contributed by atoms with Gasteiger partial charge in [-0.25, -0.2) is 9.67 Å². The van der Waals surface area contributed by atoms with Crippen LogP contribution < -0.4 is 0 Å². The Balaban J connectivity index is 1.66. The molecule has 0 aliphatic heterocycles. The number of aromatic nitrogens is 6. The Morgan fingerprint density at radius 1 is 1.07 bits per heavy atom. The number of aliphatic hydroxyl groups is 1. The lowest BCUT2D eigenvalue weighted by molar-refractivity contribution is -0.143. The monoisotopic (exact) mass is 624 g/mol. The third-order valence-corrected chi connectivity index (χ3v) is 6.58. The van der Waals surface area contributed by atoms with Crippen molar-refractivity contribution in [2.24, 2.45) is 0 Å². The molecule has 0 radical (unpaired) electrons. The SMILES string of the molecule is CC(O)Cc1noc(-c2ccccc2Cl)c1C(=O)c1nnn(Cc2cc(C(F)(F)F)cc(C(F)(F)F)c2)c1-n1ccnc1. The molecule has 3 aromatic heterocycles. The lowest BCUT2D eigenvalue weighted by atomic mass is 9.98. The number of benzene rings is 2. The number of carbonyl (C=O) groups excluding carboxylic acids is 1. The fourth-order valence-corrected chi connectivity index (χ4v) is 4.63. The molecule has 1 unspecified atom stereocenters. The quantitative estimate of drug-likeness (QED) is 0.166. The van der Waals surface area contributed by atoms with Gasteiger partial charge in [0.25, 0.3) is 0 Å². The van der Waals surface area contributed by atoms with Gasteiger partial charge in [0.15, 0.2) is 17.3 Å². The van der Waals surface area contributed by atoms with Crippen LogP contribution in [0.1, 0.15) is 45.4 Å². The first-order valence-electron chi connectivity index (χ1n) is 12.4. The lowest BCUT2D eigenvalue weighted by Gasteiger charge is -2.15. The highest BCUT2D eigenvalue weighted by molar-refractivity contribution is 6.33. The average Bonchev–Trinajstić information content (AvgIpc) is 3.67. The normalized spacial score (nSPS) is 13.0. The van der Waals surface area contributed by atoms with E-state index in [-0.39, 0.29) is 46.0 Å². The van der Waals surface area contributed by atoms with Gasteiger partial charge in [-0.3, -0.25) is 9.36 Å². The van der Waals surface area contributed by atoms with Crippen molar-refractivity contribution in [1.29, 1.82) is 0 Å². The molecule has 0 aliphatic carbocycles. The molecule has 0 amide bonds. The zero-order valence-electron chi connectivity index (χ0n) is 21.9. The minimum Gasteiger partial charge on any atom is -0.393 e. The van der Waals surface area contributed by atoms with E-state index < -0.39 is 47.5 Å². The van der Waals surface area contributed by atoms with Crippen molar-refractivity contribution in [2.75, 3.05) is 0 Å². The molecule has 1 N–H and O–H groups in total. The van der Waals surface area contributed by atoms with Crippen molar-refractivity contribution >= 4 is 17.4 Å². The van der Waals surface area contributed by atoms with E-state index in [1.807, 2.05) is 0 Å². The molecule has 16 heteroatoms. The van der Waals surface area contributed by atoms with Crippen LogP contribution in [0.15, 0.2) is 65.7 Å². The third-order valence-electron chi connectivity index (χ3n) is 6.25. The first kappa shape index (κ1) is 30.0. The molecule has 224 valence electrons. The molecule has 9 nitrogen and oxygen atoms in total. The molecule has 3 heterocycles. The predicted octanol–water partition coefficient (Wildman–Crippen LogP) is 6.01. The summed E-state index contributed by atoms with van der Waals surface area (Å²) in [6, 6.07) is 7.57. The van der Waals surface area contributed by atoms with Crippen LogP contribution in [-0.2, 0) is 25.3 Å². The average molecular weight is 625 g/mol. The second-order valence-electron chi connectivity index (χ2n) is 9.50. The highest BCUT2D eigenvalue weighted by Gasteiger charge is 2.37. The van der Waals surface area contributed by atoms with E-state index in [1.54, 1.807) is 24.3 Å². The number of imidazole rings is 1. The Morgan fingerprint density at radius 3 is 2.33 bits per heavy atom. The van der Waals surface area contributed by atoms with Crippen LogP contribution in [0.5, 0.6) is 0 Å². The largest absolute Gasteiger partial charge is 0.416 e. The van der Waals surface area contributed by atoms with Crippen molar-refractivity contribution in [3.63, 3.8) is 0 Å². The molecule has 0 saturated carbocycles. The maximum absolute atomic E-state index is 14.1. The number of hydrogen-bond donors (Lipinski definition) is 1. The third kappa shape index (κ3) is 6.17. The number of halogens is 7. The maximum Gasteiger partial charge on any atom is 0.416 e. The van der Waals surface area contributed by atoms with Crippen molar-refractivity contribution in [1.82, 2.24) is 29.7 Å². The molecule has 5 aromatic rings. The molecule has 0 spiro atoms. The van der Waals surface area contributed by atoms with Gasteiger partial charge in [-0.1, -0.05) is 34.1 Å². The minimum absolute atomic E-state index is 0.0163. The van der Waals surface area contributed by atoms with Gasteiger partial charge in [0.2, 0.25) is 5.78 Å². The summed E-state index contributed by atoms with van der Waals surface area (Å²) in [5.74, 6) is -0.949. The Hall–Kier alpha value is -4.50. The van der Waals surface area contributed by atoms with Crippen molar-refractivity contribution in [3.05, 3.63) is 99.8 Å². The van der Waals surface area contributed by atoms with Crippen LogP contribution in [0.4, 0.5) is 26.3 Å². The van der Waals surface area contributed by atoms with E-state index in [2.05, 4.69) is 20.5 Å². The van der Waals surface area contributed by atoms with Crippen LogP contribution in [0.25, 0.3) is 17.1 Å². The van der Waals surface area contributed by atoms with Gasteiger partial charge in [-0.15, -0.1) is 5.10 Å². The Kier molecular flexibility index (Phi) is 7.88. The van der Waals surface area contributed by atoms with Crippen LogP contribution in [0.3, 0.4) is 0 Å². The second kappa shape index (κ2) is 11.3. The van der Waals surface area contributed by atoms with Gasteiger partial charge in [0.05, 0.1) is 40.1 Å². The minimum atomic E-state index is -5.06. The first-order valence-corrected chi connectivity index (χ1v) is 12.8. The van der Waals surface area contributed by atoms with Crippen molar-refractivity contribution in [2.45, 2.75) is 38.3 Å².